The van der Waals surface area contributed by atoms with E-state index in [0.717, 1.165) is 11.4 Å². The average molecular weight is 283 g/mol. The van der Waals surface area contributed by atoms with Gasteiger partial charge in [0, 0.05) is 12.1 Å². The predicted molar refractivity (Wildman–Crippen MR) is 68.1 cm³/mol. The Morgan fingerprint density at radius 2 is 2.00 bits per heavy atom. The minimum Gasteiger partial charge on any atom is -0.481 e. The van der Waals surface area contributed by atoms with Crippen LogP contribution in [0.25, 0.3) is 0 Å². The third-order valence-electron chi connectivity index (χ3n) is 2.68. The molecule has 20 heavy (non-hydrogen) atoms. The fourth-order valence-electron chi connectivity index (χ4n) is 1.74. The molecule has 0 aliphatic carbocycles. The molecule has 0 aromatic carbocycles. The van der Waals surface area contributed by atoms with E-state index in [2.05, 4.69) is 10.4 Å². The molecule has 0 saturated carbocycles. The molecule has 8 heteroatoms. The summed E-state index contributed by atoms with van der Waals surface area (Å²) in [4.78, 5) is 33.1. The highest BCUT2D eigenvalue weighted by Gasteiger charge is 2.21. The summed E-state index contributed by atoms with van der Waals surface area (Å²) in [5, 5.41) is 23.8. The zero-order chi connectivity index (χ0) is 15.3. The van der Waals surface area contributed by atoms with Gasteiger partial charge in [0.15, 0.2) is 0 Å². The number of carbonyl (C=O) groups is 3. The van der Waals surface area contributed by atoms with Crippen LogP contribution in [-0.4, -0.2) is 43.9 Å². The molecule has 3 N–H and O–H groups in total. The summed E-state index contributed by atoms with van der Waals surface area (Å²) in [5.74, 6) is -2.88. The number of aliphatic carboxylic acids is 2. The number of nitrogens with one attached hydrogen (secondary N) is 1. The van der Waals surface area contributed by atoms with Gasteiger partial charge in [-0.3, -0.25) is 14.3 Å². The van der Waals surface area contributed by atoms with Gasteiger partial charge in [-0.25, -0.2) is 4.79 Å². The number of rotatable bonds is 7. The summed E-state index contributed by atoms with van der Waals surface area (Å²) in [6.45, 7) is 3.47. The van der Waals surface area contributed by atoms with E-state index in [4.69, 9.17) is 10.2 Å². The second kappa shape index (κ2) is 6.69. The predicted octanol–water partition coefficient (Wildman–Crippen LogP) is -0.0659. The minimum absolute atomic E-state index is 0.101. The van der Waals surface area contributed by atoms with Crippen LogP contribution in [0.2, 0.25) is 0 Å². The molecular weight excluding hydrogens is 266 g/mol. The number of aryl methyl sites for hydroxylation is 2. The van der Waals surface area contributed by atoms with E-state index < -0.39 is 23.9 Å². The third-order valence-corrected chi connectivity index (χ3v) is 2.68. The first-order valence-corrected chi connectivity index (χ1v) is 6.04. The summed E-state index contributed by atoms with van der Waals surface area (Å²) in [7, 11) is 0. The number of carboxylic acid groups (broad SMARTS) is 2. The zero-order valence-electron chi connectivity index (χ0n) is 11.3. The lowest BCUT2D eigenvalue weighted by atomic mass is 10.1. The van der Waals surface area contributed by atoms with Gasteiger partial charge in [0.05, 0.1) is 5.69 Å². The molecule has 0 radical (unpaired) electrons. The van der Waals surface area contributed by atoms with Crippen LogP contribution in [0, 0.1) is 13.8 Å². The first kappa shape index (κ1) is 15.7. The summed E-state index contributed by atoms with van der Waals surface area (Å²) in [6, 6.07) is 0.586. The van der Waals surface area contributed by atoms with Crippen molar-refractivity contribution in [3.8, 4) is 0 Å². The lowest BCUT2D eigenvalue weighted by molar-refractivity contribution is -0.143. The summed E-state index contributed by atoms with van der Waals surface area (Å²) in [6.07, 6.45) is -0.481. The van der Waals surface area contributed by atoms with E-state index in [1.54, 1.807) is 19.9 Å². The van der Waals surface area contributed by atoms with Gasteiger partial charge in [-0.05, 0) is 26.3 Å². The quantitative estimate of drug-likeness (QED) is 0.644. The molecule has 1 amide bonds. The normalized spacial score (nSPS) is 11.9. The topological polar surface area (TPSA) is 122 Å². The number of carboxylic acids is 2. The maximum absolute atomic E-state index is 11.8. The maximum Gasteiger partial charge on any atom is 0.326 e. The molecule has 0 spiro atoms. The lowest BCUT2D eigenvalue weighted by Gasteiger charge is -2.13. The van der Waals surface area contributed by atoms with Gasteiger partial charge >= 0.3 is 11.9 Å². The molecule has 1 aromatic heterocycles. The molecule has 1 unspecified atom stereocenters. The Kier molecular flexibility index (Phi) is 5.24. The average Bonchev–Trinajstić information content (AvgIpc) is 2.62. The number of nitrogens with zero attached hydrogens (tertiary/aromatic N) is 2. The Balaban J connectivity index is 2.60. The van der Waals surface area contributed by atoms with Gasteiger partial charge in [-0.1, -0.05) is 0 Å². The molecule has 1 aromatic rings. The highest BCUT2D eigenvalue weighted by atomic mass is 16.4. The second-order valence-corrected chi connectivity index (χ2v) is 4.48. The molecule has 0 bridgehead atoms. The maximum atomic E-state index is 11.8. The van der Waals surface area contributed by atoms with Crippen LogP contribution in [0.15, 0.2) is 6.07 Å². The van der Waals surface area contributed by atoms with E-state index in [9.17, 15) is 14.4 Å². The van der Waals surface area contributed by atoms with Gasteiger partial charge in [0.1, 0.15) is 12.6 Å². The Morgan fingerprint density at radius 1 is 1.35 bits per heavy atom. The van der Waals surface area contributed by atoms with Crippen LogP contribution in [0.1, 0.15) is 24.2 Å². The van der Waals surface area contributed by atoms with Crippen LogP contribution in [0.5, 0.6) is 0 Å². The largest absolute Gasteiger partial charge is 0.481 e. The summed E-state index contributed by atoms with van der Waals surface area (Å²) >= 11 is 0. The van der Waals surface area contributed by atoms with Crippen LogP contribution in [0.4, 0.5) is 0 Å². The second-order valence-electron chi connectivity index (χ2n) is 4.48. The van der Waals surface area contributed by atoms with E-state index >= 15 is 0 Å². The standard InChI is InChI=1S/C12H17N3O5/c1-7-5-8(2)15(14-7)6-10(16)13-9(12(19)20)3-4-11(17)18/h5,9H,3-4,6H2,1-2H3,(H,13,16)(H,17,18)(H,19,20). The van der Waals surface area contributed by atoms with Gasteiger partial charge in [-0.15, -0.1) is 0 Å². The Hall–Kier alpha value is -2.38. The summed E-state index contributed by atoms with van der Waals surface area (Å²) < 4.78 is 1.46. The molecule has 1 rings (SSSR count). The Bertz CT molecular complexity index is 523. The van der Waals surface area contributed by atoms with E-state index in [0.29, 0.717) is 0 Å². The van der Waals surface area contributed by atoms with Crippen molar-refractivity contribution in [3.05, 3.63) is 17.5 Å². The molecule has 0 fully saturated rings. The Morgan fingerprint density at radius 3 is 2.45 bits per heavy atom. The first-order chi connectivity index (χ1) is 9.29. The molecule has 0 aliphatic rings. The van der Waals surface area contributed by atoms with Gasteiger partial charge in [0.2, 0.25) is 5.91 Å². The van der Waals surface area contributed by atoms with Crippen LogP contribution in [0.3, 0.4) is 0 Å². The molecule has 110 valence electrons. The molecule has 0 aliphatic heterocycles. The third kappa shape index (κ3) is 4.71. The van der Waals surface area contributed by atoms with Crippen molar-refractivity contribution in [2.75, 3.05) is 0 Å². The fraction of sp³-hybridized carbons (Fsp3) is 0.500. The first-order valence-electron chi connectivity index (χ1n) is 6.04. The smallest absolute Gasteiger partial charge is 0.326 e. The molecule has 1 heterocycles. The van der Waals surface area contributed by atoms with Crippen molar-refractivity contribution in [2.24, 2.45) is 0 Å². The molecular formula is C12H17N3O5. The lowest BCUT2D eigenvalue weighted by Crippen LogP contribution is -2.42. The SMILES string of the molecule is Cc1cc(C)n(CC(=O)NC(CCC(=O)O)C(=O)O)n1. The van der Waals surface area contributed by atoms with Crippen molar-refractivity contribution >= 4 is 17.8 Å². The number of aromatic nitrogens is 2. The minimum atomic E-state index is -1.26. The highest BCUT2D eigenvalue weighted by Crippen LogP contribution is 2.02. The van der Waals surface area contributed by atoms with Crippen molar-refractivity contribution in [1.29, 1.82) is 0 Å². The highest BCUT2D eigenvalue weighted by molar-refractivity contribution is 5.83. The monoisotopic (exact) mass is 283 g/mol. The molecule has 1 atom stereocenters. The van der Waals surface area contributed by atoms with Crippen LogP contribution >= 0.6 is 0 Å². The summed E-state index contributed by atoms with van der Waals surface area (Å²) in [5.41, 5.74) is 1.55. The number of amides is 1. The van der Waals surface area contributed by atoms with Crippen molar-refractivity contribution in [1.82, 2.24) is 15.1 Å². The van der Waals surface area contributed by atoms with E-state index in [1.807, 2.05) is 0 Å². The van der Waals surface area contributed by atoms with Crippen molar-refractivity contribution in [2.45, 2.75) is 39.3 Å². The van der Waals surface area contributed by atoms with Crippen LogP contribution in [-0.2, 0) is 20.9 Å². The van der Waals surface area contributed by atoms with Gasteiger partial charge in [-0.2, -0.15) is 5.10 Å². The number of hydrogen-bond donors (Lipinski definition) is 3. The zero-order valence-corrected chi connectivity index (χ0v) is 11.3. The number of carbonyl (C=O) groups excluding carboxylic acids is 1. The van der Waals surface area contributed by atoms with Crippen molar-refractivity contribution in [3.63, 3.8) is 0 Å². The van der Waals surface area contributed by atoms with Crippen molar-refractivity contribution < 1.29 is 24.6 Å². The van der Waals surface area contributed by atoms with Gasteiger partial charge in [0.25, 0.3) is 0 Å². The van der Waals surface area contributed by atoms with Gasteiger partial charge < -0.3 is 15.5 Å². The molecule has 8 nitrogen and oxygen atoms in total. The van der Waals surface area contributed by atoms with E-state index in [1.165, 1.54) is 4.68 Å². The number of hydrogen-bond acceptors (Lipinski definition) is 4. The molecule has 0 saturated heterocycles. The fourth-order valence-corrected chi connectivity index (χ4v) is 1.74. The van der Waals surface area contributed by atoms with Crippen LogP contribution < -0.4 is 5.32 Å². The van der Waals surface area contributed by atoms with E-state index in [-0.39, 0.29) is 19.4 Å². The Labute approximate surface area is 115 Å².